The van der Waals surface area contributed by atoms with Gasteiger partial charge in [0.05, 0.1) is 6.54 Å². The van der Waals surface area contributed by atoms with Gasteiger partial charge in [0, 0.05) is 39.3 Å². The van der Waals surface area contributed by atoms with Gasteiger partial charge in [-0.1, -0.05) is 30.3 Å². The van der Waals surface area contributed by atoms with E-state index in [9.17, 15) is 0 Å². The summed E-state index contributed by atoms with van der Waals surface area (Å²) in [5.41, 5.74) is 1.37. The van der Waals surface area contributed by atoms with Crippen molar-refractivity contribution in [3.8, 4) is 0 Å². The van der Waals surface area contributed by atoms with Gasteiger partial charge in [-0.15, -0.1) is 34.2 Å². The third-order valence-corrected chi connectivity index (χ3v) is 4.83. The Morgan fingerprint density at radius 1 is 1.35 bits per heavy atom. The molecule has 0 radical (unpaired) electrons. The molecule has 1 aliphatic heterocycles. The molecule has 0 saturated carbocycles. The van der Waals surface area contributed by atoms with E-state index in [2.05, 4.69) is 68.0 Å². The number of likely N-dealkylation sites (tertiary alicyclic amines) is 1. The maximum Gasteiger partial charge on any atom is 0.191 e. The van der Waals surface area contributed by atoms with Crippen LogP contribution in [0.25, 0.3) is 0 Å². The Morgan fingerprint density at radius 3 is 2.77 bits per heavy atom. The van der Waals surface area contributed by atoms with Crippen LogP contribution < -0.4 is 10.6 Å². The monoisotopic (exact) mass is 469 g/mol. The molecule has 8 heteroatoms. The predicted molar refractivity (Wildman–Crippen MR) is 115 cm³/mol. The highest BCUT2D eigenvalue weighted by Crippen LogP contribution is 2.24. The molecule has 2 heterocycles. The number of guanidine groups is 1. The average molecular weight is 469 g/mol. The Kier molecular flexibility index (Phi) is 7.83. The number of aliphatic imine (C=N–C) groups is 1. The number of nitrogens with one attached hydrogen (secondary N) is 2. The van der Waals surface area contributed by atoms with Gasteiger partial charge in [0.15, 0.2) is 11.8 Å². The van der Waals surface area contributed by atoms with E-state index in [-0.39, 0.29) is 24.0 Å². The van der Waals surface area contributed by atoms with Gasteiger partial charge >= 0.3 is 0 Å². The van der Waals surface area contributed by atoms with Crippen molar-refractivity contribution in [2.75, 3.05) is 20.1 Å². The quantitative estimate of drug-likeness (QED) is 0.398. The third-order valence-electron chi connectivity index (χ3n) is 4.83. The smallest absolute Gasteiger partial charge is 0.191 e. The molecule has 0 amide bonds. The van der Waals surface area contributed by atoms with E-state index < -0.39 is 0 Å². The highest BCUT2D eigenvalue weighted by molar-refractivity contribution is 14.0. The largest absolute Gasteiger partial charge is 0.352 e. The van der Waals surface area contributed by atoms with Crippen LogP contribution in [-0.2, 0) is 13.6 Å². The van der Waals surface area contributed by atoms with Crippen LogP contribution in [0.3, 0.4) is 0 Å². The van der Waals surface area contributed by atoms with Crippen molar-refractivity contribution in [2.24, 2.45) is 12.0 Å². The summed E-state index contributed by atoms with van der Waals surface area (Å²) in [6, 6.07) is 11.5. The Morgan fingerprint density at radius 2 is 2.12 bits per heavy atom. The van der Waals surface area contributed by atoms with Crippen LogP contribution in [0.5, 0.6) is 0 Å². The van der Waals surface area contributed by atoms with E-state index in [0.717, 1.165) is 31.3 Å². The van der Waals surface area contributed by atoms with Crippen molar-refractivity contribution in [3.63, 3.8) is 0 Å². The average Bonchev–Trinajstić information content (AvgIpc) is 3.27. The summed E-state index contributed by atoms with van der Waals surface area (Å²) in [7, 11) is 3.73. The second-order valence-corrected chi connectivity index (χ2v) is 6.50. The minimum Gasteiger partial charge on any atom is -0.352 e. The molecule has 0 aliphatic carbocycles. The zero-order valence-electron chi connectivity index (χ0n) is 15.6. The van der Waals surface area contributed by atoms with Crippen LogP contribution in [0, 0.1) is 0 Å². The van der Waals surface area contributed by atoms with Crippen LogP contribution in [0.15, 0.2) is 41.7 Å². The van der Waals surface area contributed by atoms with Crippen LogP contribution >= 0.6 is 24.0 Å². The number of hydrogen-bond acceptors (Lipinski definition) is 4. The molecule has 1 aliphatic rings. The summed E-state index contributed by atoms with van der Waals surface area (Å²) in [5.74, 6) is 1.69. The molecule has 2 unspecified atom stereocenters. The topological polar surface area (TPSA) is 70.4 Å². The van der Waals surface area contributed by atoms with E-state index in [4.69, 9.17) is 0 Å². The lowest BCUT2D eigenvalue weighted by Crippen LogP contribution is -2.44. The Balaban J connectivity index is 0.00000243. The van der Waals surface area contributed by atoms with Gasteiger partial charge in [-0.05, 0) is 18.9 Å². The summed E-state index contributed by atoms with van der Waals surface area (Å²) < 4.78 is 1.90. The van der Waals surface area contributed by atoms with Gasteiger partial charge in [-0.3, -0.25) is 9.89 Å². The molecule has 2 aromatic rings. The van der Waals surface area contributed by atoms with Crippen LogP contribution in [-0.4, -0.2) is 51.8 Å². The number of benzene rings is 1. The van der Waals surface area contributed by atoms with Gasteiger partial charge in [0.2, 0.25) is 0 Å². The fourth-order valence-electron chi connectivity index (χ4n) is 3.22. The first-order valence-electron chi connectivity index (χ1n) is 8.76. The third kappa shape index (κ3) is 5.16. The molecule has 3 rings (SSSR count). The number of aryl methyl sites for hydroxylation is 1. The molecule has 1 fully saturated rings. The van der Waals surface area contributed by atoms with Crippen LogP contribution in [0.1, 0.15) is 30.8 Å². The van der Waals surface area contributed by atoms with Crippen molar-refractivity contribution in [1.29, 1.82) is 0 Å². The Labute approximate surface area is 172 Å². The minimum absolute atomic E-state index is 0. The highest BCUT2D eigenvalue weighted by atomic mass is 127. The van der Waals surface area contributed by atoms with Crippen LogP contribution in [0.2, 0.25) is 0 Å². The van der Waals surface area contributed by atoms with E-state index in [1.54, 1.807) is 13.4 Å². The minimum atomic E-state index is 0. The molecular weight excluding hydrogens is 441 g/mol. The van der Waals surface area contributed by atoms with E-state index >= 15 is 0 Å². The van der Waals surface area contributed by atoms with Crippen molar-refractivity contribution < 1.29 is 0 Å². The molecule has 142 valence electrons. The lowest BCUT2D eigenvalue weighted by molar-refractivity contribution is 0.258. The summed E-state index contributed by atoms with van der Waals surface area (Å²) in [6.45, 7) is 4.99. The van der Waals surface area contributed by atoms with E-state index in [0.29, 0.717) is 18.6 Å². The van der Waals surface area contributed by atoms with Gasteiger partial charge < -0.3 is 15.2 Å². The number of nitrogens with zero attached hydrogens (tertiary/aromatic N) is 5. The molecule has 7 nitrogen and oxygen atoms in total. The number of aromatic nitrogens is 3. The first-order valence-corrected chi connectivity index (χ1v) is 8.76. The molecule has 0 spiro atoms. The SMILES string of the molecule is CN=C(NCc1nncn1C)NC1CCN(C(C)c2ccccc2)C1.I. The Bertz CT molecular complexity index is 701. The number of halogens is 1. The lowest BCUT2D eigenvalue weighted by atomic mass is 10.1. The maximum absolute atomic E-state index is 4.33. The molecule has 1 aromatic heterocycles. The molecule has 26 heavy (non-hydrogen) atoms. The first-order chi connectivity index (χ1) is 12.2. The lowest BCUT2D eigenvalue weighted by Gasteiger charge is -2.25. The van der Waals surface area contributed by atoms with E-state index in [1.165, 1.54) is 5.56 Å². The maximum atomic E-state index is 4.33. The standard InChI is InChI=1S/C18H27N7.HI/c1-14(15-7-5-4-6-8-15)25-10-9-16(12-25)22-18(19-2)20-11-17-23-21-13-24(17)3;/h4-8,13-14,16H,9-12H2,1-3H3,(H2,19,20,22);1H. The van der Waals surface area contributed by atoms with Gasteiger partial charge in [-0.2, -0.15) is 0 Å². The fourth-order valence-corrected chi connectivity index (χ4v) is 3.22. The van der Waals surface area contributed by atoms with Gasteiger partial charge in [0.25, 0.3) is 0 Å². The molecular formula is C18H28IN7. The Hall–Kier alpha value is -1.68. The number of hydrogen-bond donors (Lipinski definition) is 2. The second kappa shape index (κ2) is 9.86. The second-order valence-electron chi connectivity index (χ2n) is 6.50. The zero-order valence-corrected chi connectivity index (χ0v) is 17.9. The molecule has 1 aromatic carbocycles. The van der Waals surface area contributed by atoms with Gasteiger partial charge in [-0.25, -0.2) is 0 Å². The van der Waals surface area contributed by atoms with Gasteiger partial charge in [0.1, 0.15) is 6.33 Å². The fraction of sp³-hybridized carbons (Fsp3) is 0.500. The van der Waals surface area contributed by atoms with Crippen molar-refractivity contribution in [1.82, 2.24) is 30.3 Å². The predicted octanol–water partition coefficient (Wildman–Crippen LogP) is 1.93. The zero-order chi connectivity index (χ0) is 17.6. The molecule has 1 saturated heterocycles. The normalized spacial score (nSPS) is 19.0. The van der Waals surface area contributed by atoms with Crippen molar-refractivity contribution in [2.45, 2.75) is 32.0 Å². The summed E-state index contributed by atoms with van der Waals surface area (Å²) in [5, 5.41) is 14.8. The van der Waals surface area contributed by atoms with E-state index in [1.807, 2.05) is 11.6 Å². The van der Waals surface area contributed by atoms with Crippen LogP contribution in [0.4, 0.5) is 0 Å². The molecule has 2 atom stereocenters. The highest BCUT2D eigenvalue weighted by Gasteiger charge is 2.27. The summed E-state index contributed by atoms with van der Waals surface area (Å²) >= 11 is 0. The summed E-state index contributed by atoms with van der Waals surface area (Å²) in [6.07, 6.45) is 2.81. The van der Waals surface area contributed by atoms with Crippen molar-refractivity contribution >= 4 is 29.9 Å². The molecule has 0 bridgehead atoms. The first kappa shape index (κ1) is 20.6. The summed E-state index contributed by atoms with van der Waals surface area (Å²) in [4.78, 5) is 6.84. The molecule has 2 N–H and O–H groups in total. The van der Waals surface area contributed by atoms with Crippen molar-refractivity contribution in [3.05, 3.63) is 48.0 Å². The number of rotatable bonds is 5.